The molecule has 192 valence electrons. The fourth-order valence-corrected chi connectivity index (χ4v) is 6.51. The topological polar surface area (TPSA) is 139 Å². The molecule has 0 radical (unpaired) electrons. The fourth-order valence-electron chi connectivity index (χ4n) is 4.10. The van der Waals surface area contributed by atoms with Crippen LogP contribution in [0, 0.1) is 5.92 Å². The van der Waals surface area contributed by atoms with Gasteiger partial charge in [-0.05, 0) is 37.3 Å². The van der Waals surface area contributed by atoms with E-state index in [2.05, 4.69) is 15.6 Å². The highest BCUT2D eigenvalue weighted by molar-refractivity contribution is 7.91. The molecule has 3 aromatic rings. The predicted octanol–water partition coefficient (Wildman–Crippen LogP) is 2.57. The lowest BCUT2D eigenvalue weighted by atomic mass is 10.0. The number of ketones is 1. The molecule has 1 saturated heterocycles. The van der Waals surface area contributed by atoms with Crippen molar-refractivity contribution >= 4 is 49.9 Å². The van der Waals surface area contributed by atoms with Crippen LogP contribution in [0.5, 0.6) is 0 Å². The van der Waals surface area contributed by atoms with Gasteiger partial charge in [-0.25, -0.2) is 13.4 Å². The maximum absolute atomic E-state index is 13.2. The van der Waals surface area contributed by atoms with E-state index in [0.29, 0.717) is 24.8 Å². The number of Topliss-reactive ketones (excluding diaryl/α,β-unsaturated/α-hetero) is 1. The van der Waals surface area contributed by atoms with Gasteiger partial charge in [0.25, 0.3) is 15.9 Å². The number of hydrogen-bond acceptors (Lipinski definition) is 8. The van der Waals surface area contributed by atoms with Gasteiger partial charge in [0.1, 0.15) is 11.6 Å². The molecule has 10 nitrogen and oxygen atoms in total. The zero-order valence-corrected chi connectivity index (χ0v) is 21.6. The van der Waals surface area contributed by atoms with E-state index in [9.17, 15) is 22.8 Å². The third-order valence-electron chi connectivity index (χ3n) is 5.89. The Balaban J connectivity index is 1.44. The summed E-state index contributed by atoms with van der Waals surface area (Å²) in [5.74, 6) is -1.26. The van der Waals surface area contributed by atoms with Crippen LogP contribution in [-0.2, 0) is 19.6 Å². The Kier molecular flexibility index (Phi) is 7.86. The van der Waals surface area contributed by atoms with E-state index in [0.717, 1.165) is 21.0 Å². The van der Waals surface area contributed by atoms with Crippen LogP contribution in [0.2, 0.25) is 0 Å². The summed E-state index contributed by atoms with van der Waals surface area (Å²) in [5, 5.41) is 7.80. The van der Waals surface area contributed by atoms with Gasteiger partial charge in [-0.1, -0.05) is 32.0 Å². The molecule has 4 rings (SSSR count). The van der Waals surface area contributed by atoms with Gasteiger partial charge in [0.05, 0.1) is 12.6 Å². The Morgan fingerprint density at radius 1 is 1.28 bits per heavy atom. The number of para-hydroxylation sites is 1. The van der Waals surface area contributed by atoms with Crippen molar-refractivity contribution in [2.24, 2.45) is 5.92 Å². The predicted molar refractivity (Wildman–Crippen MR) is 134 cm³/mol. The molecule has 0 spiro atoms. The molecule has 0 aliphatic carbocycles. The smallest absolute Gasteiger partial charge is 0.287 e. The standard InChI is InChI=1S/C24H28N4O6S2/c1-15(2)12-18(27-23(31)21-13-16-6-3-4-8-20(16)34-21)22(30)26-17-7-5-10-28(14-19(17)29)36(32,33)24-25-9-11-35-24/h3-4,6,8-9,11,13,15,17-18H,5,7,10,12,14H2,1-2H3,(H,26,30)(H,27,31)/t17-,18-/m0/s1. The van der Waals surface area contributed by atoms with Crippen molar-refractivity contribution < 1.29 is 27.2 Å². The summed E-state index contributed by atoms with van der Waals surface area (Å²) in [6.45, 7) is 3.64. The molecule has 1 aliphatic rings. The molecule has 0 unspecified atom stereocenters. The first-order valence-electron chi connectivity index (χ1n) is 11.7. The van der Waals surface area contributed by atoms with Crippen LogP contribution in [0.1, 0.15) is 43.7 Å². The first-order valence-corrected chi connectivity index (χ1v) is 14.0. The molecule has 12 heteroatoms. The quantitative estimate of drug-likeness (QED) is 0.455. The number of aromatic nitrogens is 1. The van der Waals surface area contributed by atoms with Crippen molar-refractivity contribution in [2.45, 2.75) is 49.5 Å². The number of nitrogens with zero attached hydrogens (tertiary/aromatic N) is 2. The molecule has 1 aliphatic heterocycles. The SMILES string of the molecule is CC(C)C[C@H](NC(=O)c1cc2ccccc2o1)C(=O)N[C@H]1CCCN(S(=O)(=O)c2nccs2)CC1=O. The van der Waals surface area contributed by atoms with Gasteiger partial charge in [0.15, 0.2) is 11.5 Å². The molecule has 2 N–H and O–H groups in total. The summed E-state index contributed by atoms with van der Waals surface area (Å²) in [6, 6.07) is 7.08. The average molecular weight is 533 g/mol. The maximum Gasteiger partial charge on any atom is 0.287 e. The van der Waals surface area contributed by atoms with Crippen molar-refractivity contribution in [1.29, 1.82) is 0 Å². The Bertz CT molecular complexity index is 1320. The van der Waals surface area contributed by atoms with Crippen molar-refractivity contribution in [2.75, 3.05) is 13.1 Å². The number of thiazole rings is 1. The van der Waals surface area contributed by atoms with E-state index < -0.39 is 39.7 Å². The number of carbonyl (C=O) groups is 3. The molecule has 3 heterocycles. The van der Waals surface area contributed by atoms with Crippen molar-refractivity contribution in [3.05, 3.63) is 47.7 Å². The summed E-state index contributed by atoms with van der Waals surface area (Å²) < 4.78 is 32.3. The highest BCUT2D eigenvalue weighted by Crippen LogP contribution is 2.22. The number of furan rings is 1. The minimum atomic E-state index is -3.88. The maximum atomic E-state index is 13.2. The Labute approximate surface area is 213 Å². The first-order chi connectivity index (χ1) is 17.1. The van der Waals surface area contributed by atoms with E-state index in [1.54, 1.807) is 23.6 Å². The van der Waals surface area contributed by atoms with Crippen LogP contribution in [0.4, 0.5) is 0 Å². The number of benzene rings is 1. The number of carbonyl (C=O) groups excluding carboxylic acids is 3. The van der Waals surface area contributed by atoms with Crippen molar-refractivity contribution in [3.63, 3.8) is 0 Å². The Hall–Kier alpha value is -3.09. The molecule has 2 atom stereocenters. The van der Waals surface area contributed by atoms with Crippen LogP contribution < -0.4 is 10.6 Å². The molecule has 36 heavy (non-hydrogen) atoms. The summed E-state index contributed by atoms with van der Waals surface area (Å²) in [4.78, 5) is 42.8. The van der Waals surface area contributed by atoms with E-state index >= 15 is 0 Å². The number of nitrogens with one attached hydrogen (secondary N) is 2. The lowest BCUT2D eigenvalue weighted by molar-refractivity contribution is -0.129. The summed E-state index contributed by atoms with van der Waals surface area (Å²) in [5.41, 5.74) is 0.564. The van der Waals surface area contributed by atoms with Gasteiger partial charge >= 0.3 is 0 Å². The van der Waals surface area contributed by atoms with Crippen LogP contribution in [-0.4, -0.2) is 60.5 Å². The second-order valence-corrected chi connectivity index (χ2v) is 12.1. The summed E-state index contributed by atoms with van der Waals surface area (Å²) >= 11 is 0.988. The second kappa shape index (κ2) is 10.9. The number of hydrogen-bond donors (Lipinski definition) is 2. The highest BCUT2D eigenvalue weighted by Gasteiger charge is 2.35. The Morgan fingerprint density at radius 2 is 2.06 bits per heavy atom. The average Bonchev–Trinajstić information content (AvgIpc) is 3.49. The van der Waals surface area contributed by atoms with E-state index in [-0.39, 0.29) is 29.1 Å². The molecule has 0 bridgehead atoms. The monoisotopic (exact) mass is 532 g/mol. The van der Waals surface area contributed by atoms with Crippen molar-refractivity contribution in [3.8, 4) is 0 Å². The van der Waals surface area contributed by atoms with Gasteiger partial charge in [-0.2, -0.15) is 4.31 Å². The minimum absolute atomic E-state index is 0.0666. The number of fused-ring (bicyclic) bond motifs is 1. The summed E-state index contributed by atoms with van der Waals surface area (Å²) in [7, 11) is -3.88. The van der Waals surface area contributed by atoms with Crippen LogP contribution >= 0.6 is 11.3 Å². The molecular formula is C24H28N4O6S2. The van der Waals surface area contributed by atoms with Crippen LogP contribution in [0.15, 0.2) is 50.7 Å². The number of amides is 2. The van der Waals surface area contributed by atoms with Crippen LogP contribution in [0.25, 0.3) is 11.0 Å². The lowest BCUT2D eigenvalue weighted by Gasteiger charge is -2.23. The highest BCUT2D eigenvalue weighted by atomic mass is 32.2. The van der Waals surface area contributed by atoms with E-state index in [4.69, 9.17) is 4.42 Å². The summed E-state index contributed by atoms with van der Waals surface area (Å²) in [6.07, 6.45) is 2.43. The fraction of sp³-hybridized carbons (Fsp3) is 0.417. The van der Waals surface area contributed by atoms with Gasteiger partial charge in [-0.3, -0.25) is 14.4 Å². The van der Waals surface area contributed by atoms with Gasteiger partial charge in [0, 0.05) is 23.5 Å². The molecule has 0 saturated carbocycles. The first kappa shape index (κ1) is 26.0. The zero-order chi connectivity index (χ0) is 25.9. The van der Waals surface area contributed by atoms with Crippen LogP contribution in [0.3, 0.4) is 0 Å². The van der Waals surface area contributed by atoms with Gasteiger partial charge in [0.2, 0.25) is 10.2 Å². The van der Waals surface area contributed by atoms with Crippen molar-refractivity contribution in [1.82, 2.24) is 19.9 Å². The van der Waals surface area contributed by atoms with E-state index in [1.807, 2.05) is 26.0 Å². The molecule has 2 aromatic heterocycles. The number of sulfonamides is 1. The number of rotatable bonds is 8. The Morgan fingerprint density at radius 3 is 2.75 bits per heavy atom. The third kappa shape index (κ3) is 5.82. The lowest BCUT2D eigenvalue weighted by Crippen LogP contribution is -2.52. The second-order valence-electron chi connectivity index (χ2n) is 9.11. The molecule has 1 fully saturated rings. The van der Waals surface area contributed by atoms with Gasteiger partial charge < -0.3 is 15.1 Å². The molecule has 2 amide bonds. The van der Waals surface area contributed by atoms with Gasteiger partial charge in [-0.15, -0.1) is 11.3 Å². The zero-order valence-electron chi connectivity index (χ0n) is 20.0. The minimum Gasteiger partial charge on any atom is -0.451 e. The normalized spacial score (nSPS) is 18.2. The van der Waals surface area contributed by atoms with E-state index in [1.165, 1.54) is 6.20 Å². The largest absolute Gasteiger partial charge is 0.451 e. The molecule has 1 aromatic carbocycles. The molecular weight excluding hydrogens is 504 g/mol. The third-order valence-corrected chi connectivity index (χ3v) is 8.91.